The number of hydrogen-bond donors (Lipinski definition) is 2. The fourth-order valence-electron chi connectivity index (χ4n) is 2.58. The van der Waals surface area contributed by atoms with Gasteiger partial charge in [-0.25, -0.2) is 18.1 Å². The molecule has 1 fully saturated rings. The van der Waals surface area contributed by atoms with Gasteiger partial charge in [0, 0.05) is 10.5 Å². The molecule has 0 atom stereocenters. The van der Waals surface area contributed by atoms with Gasteiger partial charge in [-0.2, -0.15) is 0 Å². The van der Waals surface area contributed by atoms with E-state index < -0.39 is 15.9 Å². The van der Waals surface area contributed by atoms with E-state index in [9.17, 15) is 13.2 Å². The number of carbonyl (C=O) groups is 1. The summed E-state index contributed by atoms with van der Waals surface area (Å²) in [4.78, 5) is 17.2. The average Bonchev–Trinajstić information content (AvgIpc) is 3.31. The van der Waals surface area contributed by atoms with Crippen molar-refractivity contribution in [3.05, 3.63) is 52.0 Å². The summed E-state index contributed by atoms with van der Waals surface area (Å²) in [5.41, 5.74) is 2.17. The normalized spacial score (nSPS) is 14.4. The van der Waals surface area contributed by atoms with Gasteiger partial charge in [0.2, 0.25) is 10.0 Å². The third kappa shape index (κ3) is 4.06. The van der Waals surface area contributed by atoms with Crippen LogP contribution in [0.25, 0.3) is 10.2 Å². The molecular weight excluding hydrogens is 450 g/mol. The molecule has 140 valence electrons. The lowest BCUT2D eigenvalue weighted by Gasteiger charge is -2.09. The number of anilines is 1. The summed E-state index contributed by atoms with van der Waals surface area (Å²) >= 11 is 4.70. The second kappa shape index (κ2) is 6.97. The Morgan fingerprint density at radius 1 is 1.22 bits per heavy atom. The number of carbonyl (C=O) groups excluding carboxylic acids is 1. The largest absolute Gasteiger partial charge is 0.298 e. The Morgan fingerprint density at radius 2 is 2.00 bits per heavy atom. The quantitative estimate of drug-likeness (QED) is 0.594. The van der Waals surface area contributed by atoms with Crippen LogP contribution in [0.1, 0.15) is 28.8 Å². The van der Waals surface area contributed by atoms with Crippen molar-refractivity contribution in [3.8, 4) is 0 Å². The van der Waals surface area contributed by atoms with E-state index in [2.05, 4.69) is 31.0 Å². The highest BCUT2D eigenvalue weighted by atomic mass is 79.9. The van der Waals surface area contributed by atoms with Crippen molar-refractivity contribution in [2.24, 2.45) is 0 Å². The predicted octanol–water partition coefficient (Wildman–Crippen LogP) is 4.06. The molecule has 27 heavy (non-hydrogen) atoms. The molecule has 2 N–H and O–H groups in total. The van der Waals surface area contributed by atoms with Crippen LogP contribution in [0.3, 0.4) is 0 Å². The lowest BCUT2D eigenvalue weighted by Crippen LogP contribution is -2.26. The highest BCUT2D eigenvalue weighted by molar-refractivity contribution is 9.10. The van der Waals surface area contributed by atoms with Crippen LogP contribution in [0.5, 0.6) is 0 Å². The predicted molar refractivity (Wildman–Crippen MR) is 110 cm³/mol. The zero-order valence-corrected chi connectivity index (χ0v) is 17.5. The Morgan fingerprint density at radius 3 is 2.74 bits per heavy atom. The number of thiazole rings is 1. The van der Waals surface area contributed by atoms with Crippen molar-refractivity contribution >= 4 is 58.5 Å². The SMILES string of the molecule is Cc1ccc2nc(NC(=O)c3cc(S(=O)(=O)NC4CC4)ccc3Br)sc2c1. The lowest BCUT2D eigenvalue weighted by molar-refractivity contribution is 0.102. The van der Waals surface area contributed by atoms with Gasteiger partial charge in [0.25, 0.3) is 5.91 Å². The van der Waals surface area contributed by atoms with Crippen molar-refractivity contribution in [3.63, 3.8) is 0 Å². The molecule has 2 aromatic carbocycles. The molecule has 0 bridgehead atoms. The summed E-state index contributed by atoms with van der Waals surface area (Å²) in [6, 6.07) is 10.3. The maximum Gasteiger partial charge on any atom is 0.258 e. The first-order chi connectivity index (χ1) is 12.8. The standard InChI is InChI=1S/C18H16BrN3O3S2/c1-10-2-7-15-16(8-10)26-18(20-15)21-17(23)13-9-12(5-6-14(13)19)27(24,25)22-11-3-4-11/h2,5-9,11,22H,3-4H2,1H3,(H,20,21,23). The summed E-state index contributed by atoms with van der Waals surface area (Å²) in [7, 11) is -3.63. The van der Waals surface area contributed by atoms with Gasteiger partial charge < -0.3 is 0 Å². The monoisotopic (exact) mass is 465 g/mol. The third-order valence-electron chi connectivity index (χ3n) is 4.16. The molecule has 1 saturated carbocycles. The Kier molecular flexibility index (Phi) is 4.79. The van der Waals surface area contributed by atoms with Crippen LogP contribution >= 0.6 is 27.3 Å². The zero-order chi connectivity index (χ0) is 19.2. The van der Waals surface area contributed by atoms with E-state index in [-0.39, 0.29) is 16.5 Å². The summed E-state index contributed by atoms with van der Waals surface area (Å²) in [5, 5.41) is 3.23. The first-order valence-corrected chi connectivity index (χ1v) is 11.4. The van der Waals surface area contributed by atoms with Crippen molar-refractivity contribution in [2.75, 3.05) is 5.32 Å². The molecule has 3 aromatic rings. The average molecular weight is 466 g/mol. The smallest absolute Gasteiger partial charge is 0.258 e. The molecule has 0 unspecified atom stereocenters. The summed E-state index contributed by atoms with van der Waals surface area (Å²) in [5.74, 6) is -0.416. The molecule has 1 amide bonds. The van der Waals surface area contributed by atoms with Crippen molar-refractivity contribution in [1.82, 2.24) is 9.71 Å². The summed E-state index contributed by atoms with van der Waals surface area (Å²) < 4.78 is 28.9. The minimum atomic E-state index is -3.63. The highest BCUT2D eigenvalue weighted by Gasteiger charge is 2.28. The first kappa shape index (κ1) is 18.5. The van der Waals surface area contributed by atoms with Gasteiger partial charge in [0.05, 0.1) is 20.7 Å². The molecule has 0 aliphatic heterocycles. The summed E-state index contributed by atoms with van der Waals surface area (Å²) in [6.07, 6.45) is 1.69. The number of sulfonamides is 1. The van der Waals surface area contributed by atoms with Crippen molar-refractivity contribution in [1.29, 1.82) is 0 Å². The maximum absolute atomic E-state index is 12.7. The Hall–Kier alpha value is -1.81. The minimum absolute atomic E-state index is 0.00197. The van der Waals surface area contributed by atoms with Gasteiger partial charge in [-0.1, -0.05) is 17.4 Å². The lowest BCUT2D eigenvalue weighted by atomic mass is 10.2. The van der Waals surface area contributed by atoms with Crippen LogP contribution < -0.4 is 10.0 Å². The van der Waals surface area contributed by atoms with Gasteiger partial charge >= 0.3 is 0 Å². The number of nitrogens with zero attached hydrogens (tertiary/aromatic N) is 1. The second-order valence-electron chi connectivity index (χ2n) is 6.48. The van der Waals surface area contributed by atoms with Crippen molar-refractivity contribution in [2.45, 2.75) is 30.7 Å². The van der Waals surface area contributed by atoms with Crippen molar-refractivity contribution < 1.29 is 13.2 Å². The number of nitrogens with one attached hydrogen (secondary N) is 2. The van der Waals surface area contributed by atoms with Gasteiger partial charge in [-0.15, -0.1) is 0 Å². The van der Waals surface area contributed by atoms with Gasteiger partial charge in [-0.3, -0.25) is 10.1 Å². The topological polar surface area (TPSA) is 88.2 Å². The van der Waals surface area contributed by atoms with Gasteiger partial charge in [0.15, 0.2) is 5.13 Å². The van der Waals surface area contributed by atoms with E-state index in [1.807, 2.05) is 25.1 Å². The minimum Gasteiger partial charge on any atom is -0.298 e. The van der Waals surface area contributed by atoms with Gasteiger partial charge in [-0.05, 0) is 71.6 Å². The molecule has 1 heterocycles. The molecule has 4 rings (SSSR count). The second-order valence-corrected chi connectivity index (χ2v) is 10.1. The number of amides is 1. The maximum atomic E-state index is 12.7. The van der Waals surface area contributed by atoms with E-state index in [4.69, 9.17) is 0 Å². The Bertz CT molecular complexity index is 1150. The van der Waals surface area contributed by atoms with E-state index in [0.717, 1.165) is 28.6 Å². The van der Waals surface area contributed by atoms with Crippen LogP contribution in [0.15, 0.2) is 45.8 Å². The number of halogens is 1. The molecule has 0 radical (unpaired) electrons. The molecule has 1 aromatic heterocycles. The number of benzene rings is 2. The molecule has 1 aliphatic carbocycles. The van der Waals surface area contributed by atoms with Crippen LogP contribution in [0.4, 0.5) is 5.13 Å². The third-order valence-corrected chi connectivity index (χ3v) is 7.30. The van der Waals surface area contributed by atoms with Crippen LogP contribution in [0.2, 0.25) is 0 Å². The van der Waals surface area contributed by atoms with Crippen LogP contribution in [-0.4, -0.2) is 25.4 Å². The van der Waals surface area contributed by atoms with E-state index >= 15 is 0 Å². The number of aromatic nitrogens is 1. The van der Waals surface area contributed by atoms with E-state index in [0.29, 0.717) is 9.60 Å². The molecule has 9 heteroatoms. The molecular formula is C18H16BrN3O3S2. The summed E-state index contributed by atoms with van der Waals surface area (Å²) in [6.45, 7) is 2.00. The Balaban J connectivity index is 1.61. The molecule has 0 spiro atoms. The first-order valence-electron chi connectivity index (χ1n) is 8.32. The highest BCUT2D eigenvalue weighted by Crippen LogP contribution is 2.29. The molecule has 0 saturated heterocycles. The molecule has 1 aliphatic rings. The fraction of sp³-hybridized carbons (Fsp3) is 0.222. The van der Waals surface area contributed by atoms with Crippen LogP contribution in [0, 0.1) is 6.92 Å². The van der Waals surface area contributed by atoms with Crippen LogP contribution in [-0.2, 0) is 10.0 Å². The Labute approximate surface area is 169 Å². The number of rotatable bonds is 5. The van der Waals surface area contributed by atoms with E-state index in [1.54, 1.807) is 6.07 Å². The number of aryl methyl sites for hydroxylation is 1. The zero-order valence-electron chi connectivity index (χ0n) is 14.3. The van der Waals surface area contributed by atoms with Gasteiger partial charge in [0.1, 0.15) is 0 Å². The fourth-order valence-corrected chi connectivity index (χ4v) is 5.30. The molecule has 6 nitrogen and oxygen atoms in total. The number of fused-ring (bicyclic) bond motifs is 1. The van der Waals surface area contributed by atoms with E-state index in [1.165, 1.54) is 23.5 Å². The number of hydrogen-bond acceptors (Lipinski definition) is 5.